The minimum atomic E-state index is -0.506. The van der Waals surface area contributed by atoms with Crippen molar-refractivity contribution in [1.29, 1.82) is 0 Å². The maximum atomic E-state index is 12.4. The number of carbonyl (C=O) groups is 2. The molecule has 0 fully saturated rings. The first-order valence-corrected chi connectivity index (χ1v) is 14.9. The highest BCUT2D eigenvalue weighted by molar-refractivity contribution is 5.73. The van der Waals surface area contributed by atoms with E-state index in [2.05, 4.69) is 58.9 Å². The van der Waals surface area contributed by atoms with Gasteiger partial charge in [0.2, 0.25) is 0 Å². The summed E-state index contributed by atoms with van der Waals surface area (Å²) in [6.45, 7) is 3.03. The number of hydrogen-bond acceptors (Lipinski definition) is 9. The van der Waals surface area contributed by atoms with Gasteiger partial charge in [-0.15, -0.1) is 0 Å². The summed E-state index contributed by atoms with van der Waals surface area (Å²) < 4.78 is 10.8. The Morgan fingerprint density at radius 3 is 1.53 bits per heavy atom. The molecule has 4 rings (SSSR count). The summed E-state index contributed by atoms with van der Waals surface area (Å²) in [6, 6.07) is 31.6. The zero-order valence-electron chi connectivity index (χ0n) is 25.7. The molecule has 4 aromatic carbocycles. The quantitative estimate of drug-likeness (QED) is 0.0822. The largest absolute Gasteiger partial charge is 0.508 e. The van der Waals surface area contributed by atoms with Crippen LogP contribution < -0.4 is 15.5 Å². The second kappa shape index (κ2) is 16.3. The van der Waals surface area contributed by atoms with E-state index >= 15 is 0 Å². The highest BCUT2D eigenvalue weighted by Crippen LogP contribution is 2.23. The molecule has 0 aliphatic rings. The predicted molar refractivity (Wildman–Crippen MR) is 174 cm³/mol. The van der Waals surface area contributed by atoms with Gasteiger partial charge < -0.3 is 24.6 Å². The minimum Gasteiger partial charge on any atom is -0.508 e. The van der Waals surface area contributed by atoms with E-state index in [-0.39, 0.29) is 49.7 Å². The topological polar surface area (TPSA) is 120 Å². The van der Waals surface area contributed by atoms with Crippen LogP contribution in [0, 0.1) is 0 Å². The molecular formula is C36H41N3O6. The minimum absolute atomic E-state index is 0.0258. The fraction of sp³-hybridized carbons (Fsp3) is 0.278. The number of nitrogens with one attached hydrogen (secondary N) is 2. The lowest BCUT2D eigenvalue weighted by Crippen LogP contribution is -2.57. The monoisotopic (exact) mass is 611 g/mol. The molecule has 0 saturated heterocycles. The normalized spacial score (nSPS) is 11.2. The van der Waals surface area contributed by atoms with Crippen LogP contribution in [0.2, 0.25) is 0 Å². The Balaban J connectivity index is 1.33. The molecule has 0 heterocycles. The smallest absolute Gasteiger partial charge is 0.311 e. The van der Waals surface area contributed by atoms with Crippen molar-refractivity contribution >= 4 is 17.6 Å². The number of anilines is 1. The molecule has 9 heteroatoms. The average Bonchev–Trinajstić information content (AvgIpc) is 3.04. The number of esters is 2. The van der Waals surface area contributed by atoms with Crippen molar-refractivity contribution in [3.63, 3.8) is 0 Å². The Bertz CT molecular complexity index is 1430. The van der Waals surface area contributed by atoms with Gasteiger partial charge in [-0.05, 0) is 72.0 Å². The number of nitrogens with zero attached hydrogens (tertiary/aromatic N) is 1. The van der Waals surface area contributed by atoms with Crippen molar-refractivity contribution in [2.75, 3.05) is 38.5 Å². The molecule has 4 N–H and O–H groups in total. The van der Waals surface area contributed by atoms with E-state index in [1.54, 1.807) is 24.3 Å². The van der Waals surface area contributed by atoms with Crippen molar-refractivity contribution in [1.82, 2.24) is 10.6 Å². The summed E-state index contributed by atoms with van der Waals surface area (Å²) in [6.07, 6.45) is 1.05. The lowest BCUT2D eigenvalue weighted by molar-refractivity contribution is -0.144. The first-order chi connectivity index (χ1) is 21.7. The van der Waals surface area contributed by atoms with E-state index in [9.17, 15) is 19.8 Å². The number of carbonyl (C=O) groups excluding carboxylic acids is 2. The molecule has 4 aromatic rings. The first-order valence-electron chi connectivity index (χ1n) is 14.9. The van der Waals surface area contributed by atoms with Crippen molar-refractivity contribution in [3.05, 3.63) is 125 Å². The van der Waals surface area contributed by atoms with Gasteiger partial charge in [0.1, 0.15) is 25.0 Å². The van der Waals surface area contributed by atoms with Gasteiger partial charge in [-0.2, -0.15) is 0 Å². The molecule has 0 unspecified atom stereocenters. The summed E-state index contributed by atoms with van der Waals surface area (Å²) in [7, 11) is 2.00. The van der Waals surface area contributed by atoms with E-state index in [0.29, 0.717) is 13.1 Å². The third kappa shape index (κ3) is 10.7. The molecular weight excluding hydrogens is 570 g/mol. The van der Waals surface area contributed by atoms with Crippen molar-refractivity contribution in [3.8, 4) is 11.5 Å². The Hall–Kier alpha value is -4.86. The molecule has 0 amide bonds. The summed E-state index contributed by atoms with van der Waals surface area (Å²) in [5.41, 5.74) is 4.46. The van der Waals surface area contributed by atoms with Crippen molar-refractivity contribution in [2.24, 2.45) is 0 Å². The third-order valence-electron chi connectivity index (χ3n) is 7.64. The van der Waals surface area contributed by atoms with Crippen LogP contribution in [0.1, 0.15) is 29.2 Å². The van der Waals surface area contributed by atoms with Gasteiger partial charge in [0.05, 0.1) is 18.4 Å². The molecule has 0 aliphatic carbocycles. The number of phenolic OH excluding ortho intramolecular Hbond substituents is 2. The van der Waals surface area contributed by atoms with E-state index in [4.69, 9.17) is 9.47 Å². The summed E-state index contributed by atoms with van der Waals surface area (Å²) in [5.74, 6) is -0.473. The van der Waals surface area contributed by atoms with Crippen LogP contribution in [-0.4, -0.2) is 61.3 Å². The van der Waals surface area contributed by atoms with Crippen LogP contribution in [0.4, 0.5) is 5.69 Å². The molecule has 0 radical (unpaired) electrons. The summed E-state index contributed by atoms with van der Waals surface area (Å²) >= 11 is 0. The van der Waals surface area contributed by atoms with Crippen molar-refractivity contribution < 1.29 is 29.3 Å². The lowest BCUT2D eigenvalue weighted by Gasteiger charge is -2.41. The SMILES string of the molecule is CN(c1ccc(Cc2ccccc2)cc1)C(C)(CNCOC(=O)Cc1ccc(O)cc1)CNCOC(=O)Cc1ccc(O)cc1. The van der Waals surface area contributed by atoms with E-state index in [0.717, 1.165) is 23.2 Å². The maximum Gasteiger partial charge on any atom is 0.311 e. The van der Waals surface area contributed by atoms with E-state index < -0.39 is 5.54 Å². The molecule has 45 heavy (non-hydrogen) atoms. The second-order valence-corrected chi connectivity index (χ2v) is 11.2. The van der Waals surface area contributed by atoms with E-state index in [1.807, 2.05) is 25.2 Å². The fourth-order valence-electron chi connectivity index (χ4n) is 4.85. The van der Waals surface area contributed by atoms with Gasteiger partial charge >= 0.3 is 11.9 Å². The second-order valence-electron chi connectivity index (χ2n) is 11.2. The summed E-state index contributed by atoms with van der Waals surface area (Å²) in [5, 5.41) is 25.4. The van der Waals surface area contributed by atoms with Gasteiger partial charge in [0, 0.05) is 25.8 Å². The van der Waals surface area contributed by atoms with E-state index in [1.165, 1.54) is 35.4 Å². The average molecular weight is 612 g/mol. The maximum absolute atomic E-state index is 12.4. The molecule has 9 nitrogen and oxygen atoms in total. The fourth-order valence-corrected chi connectivity index (χ4v) is 4.85. The van der Waals surface area contributed by atoms with Crippen molar-refractivity contribution in [2.45, 2.75) is 31.7 Å². The lowest BCUT2D eigenvalue weighted by atomic mass is 9.98. The highest BCUT2D eigenvalue weighted by atomic mass is 16.5. The number of aromatic hydroxyl groups is 2. The Morgan fingerprint density at radius 1 is 0.644 bits per heavy atom. The third-order valence-corrected chi connectivity index (χ3v) is 7.64. The van der Waals surface area contributed by atoms with Gasteiger partial charge in [-0.1, -0.05) is 66.7 Å². The van der Waals surface area contributed by atoms with Crippen LogP contribution in [-0.2, 0) is 38.3 Å². The molecule has 0 atom stereocenters. The number of benzene rings is 4. The Kier molecular flexibility index (Phi) is 12.0. The van der Waals surface area contributed by atoms with Crippen LogP contribution in [0.25, 0.3) is 0 Å². The number of ether oxygens (including phenoxy) is 2. The summed E-state index contributed by atoms with van der Waals surface area (Å²) in [4.78, 5) is 26.9. The van der Waals surface area contributed by atoms with Crippen LogP contribution >= 0.6 is 0 Å². The standard InChI is InChI=1S/C36H41N3O6/c1-36(23-37-25-44-34(42)21-29-10-16-32(40)17-11-29,24-38-26-45-35(43)22-30-12-18-33(41)19-13-30)39(2)31-14-8-28(9-15-31)20-27-6-4-3-5-7-27/h3-19,37-38,40-41H,20-26H2,1-2H3. The predicted octanol–water partition coefficient (Wildman–Crippen LogP) is 4.55. The first kappa shape index (κ1) is 33.0. The van der Waals surface area contributed by atoms with Crippen LogP contribution in [0.15, 0.2) is 103 Å². The Morgan fingerprint density at radius 2 is 1.07 bits per heavy atom. The zero-order valence-corrected chi connectivity index (χ0v) is 25.7. The van der Waals surface area contributed by atoms with Gasteiger partial charge in [0.25, 0.3) is 0 Å². The zero-order chi connectivity index (χ0) is 32.1. The molecule has 0 aromatic heterocycles. The number of likely N-dealkylation sites (N-methyl/N-ethyl adjacent to an activating group) is 1. The molecule has 0 spiro atoms. The molecule has 236 valence electrons. The number of hydrogen-bond donors (Lipinski definition) is 4. The Labute approximate surface area is 264 Å². The number of rotatable bonds is 16. The van der Waals surface area contributed by atoms with Gasteiger partial charge in [-0.3, -0.25) is 20.2 Å². The number of phenols is 2. The molecule has 0 saturated carbocycles. The van der Waals surface area contributed by atoms with Crippen LogP contribution in [0.5, 0.6) is 11.5 Å². The highest BCUT2D eigenvalue weighted by Gasteiger charge is 2.29. The molecule has 0 aliphatic heterocycles. The van der Waals surface area contributed by atoms with Crippen LogP contribution in [0.3, 0.4) is 0 Å². The van der Waals surface area contributed by atoms with Gasteiger partial charge in [-0.25, -0.2) is 0 Å². The van der Waals surface area contributed by atoms with Gasteiger partial charge in [0.15, 0.2) is 0 Å². The molecule has 0 bridgehead atoms.